The number of ether oxygens (including phenoxy) is 1. The normalized spacial score (nSPS) is 11.1. The summed E-state index contributed by atoms with van der Waals surface area (Å²) in [5.74, 6) is 0. The molecule has 5 heteroatoms. The van der Waals surface area contributed by atoms with Crippen molar-refractivity contribution in [2.45, 2.75) is 26.4 Å². The fraction of sp³-hybridized carbons (Fsp3) is 0.600. The molecule has 0 saturated carbocycles. The number of methoxy groups -OCH3 is 1. The third-order valence-electron chi connectivity index (χ3n) is 3.00. The second-order valence-corrected chi connectivity index (χ2v) is 5.43. The Morgan fingerprint density at radius 3 is 2.65 bits per heavy atom. The van der Waals surface area contributed by atoms with Crippen LogP contribution < -0.4 is 10.2 Å². The van der Waals surface area contributed by atoms with E-state index >= 15 is 0 Å². The maximum absolute atomic E-state index is 9.15. The van der Waals surface area contributed by atoms with Crippen LogP contribution >= 0.6 is 11.6 Å². The van der Waals surface area contributed by atoms with Crippen molar-refractivity contribution in [1.29, 1.82) is 0 Å². The van der Waals surface area contributed by atoms with Crippen LogP contribution in [0.3, 0.4) is 0 Å². The number of aliphatic hydroxyl groups excluding tert-OH is 1. The molecule has 0 bridgehead atoms. The van der Waals surface area contributed by atoms with Crippen molar-refractivity contribution >= 4 is 17.3 Å². The number of anilines is 1. The molecule has 0 fully saturated rings. The number of rotatable bonds is 9. The highest BCUT2D eigenvalue weighted by Gasteiger charge is 2.10. The van der Waals surface area contributed by atoms with E-state index in [9.17, 15) is 0 Å². The highest BCUT2D eigenvalue weighted by Crippen LogP contribution is 2.26. The van der Waals surface area contributed by atoms with Crippen molar-refractivity contribution in [3.8, 4) is 0 Å². The van der Waals surface area contributed by atoms with Crippen molar-refractivity contribution in [3.63, 3.8) is 0 Å². The average Bonchev–Trinajstić information content (AvgIpc) is 2.41. The molecule has 0 aliphatic rings. The molecule has 0 atom stereocenters. The topological polar surface area (TPSA) is 44.7 Å². The summed E-state index contributed by atoms with van der Waals surface area (Å²) in [7, 11) is 1.67. The van der Waals surface area contributed by atoms with Gasteiger partial charge < -0.3 is 20.1 Å². The number of hydrogen-bond donors (Lipinski definition) is 2. The Morgan fingerprint density at radius 2 is 2.10 bits per heavy atom. The van der Waals surface area contributed by atoms with Gasteiger partial charge in [-0.05, 0) is 17.7 Å². The summed E-state index contributed by atoms with van der Waals surface area (Å²) >= 11 is 6.36. The molecule has 1 rings (SSSR count). The minimum absolute atomic E-state index is 0.0939. The number of halogens is 1. The Labute approximate surface area is 126 Å². The Hall–Kier alpha value is -0.810. The lowest BCUT2D eigenvalue weighted by Gasteiger charge is -2.25. The van der Waals surface area contributed by atoms with Gasteiger partial charge in [-0.3, -0.25) is 0 Å². The van der Waals surface area contributed by atoms with Gasteiger partial charge in [-0.25, -0.2) is 0 Å². The zero-order valence-electron chi connectivity index (χ0n) is 12.5. The van der Waals surface area contributed by atoms with Crippen molar-refractivity contribution in [2.24, 2.45) is 0 Å². The quantitative estimate of drug-likeness (QED) is 0.734. The summed E-state index contributed by atoms with van der Waals surface area (Å²) in [6, 6.07) is 6.49. The summed E-state index contributed by atoms with van der Waals surface area (Å²) in [5, 5.41) is 13.2. The zero-order chi connectivity index (χ0) is 15.0. The molecule has 0 radical (unpaired) electrons. The summed E-state index contributed by atoms with van der Waals surface area (Å²) in [6.45, 7) is 6.99. The molecule has 0 spiro atoms. The summed E-state index contributed by atoms with van der Waals surface area (Å²) < 4.78 is 5.09. The van der Waals surface area contributed by atoms with E-state index in [4.69, 9.17) is 21.4 Å². The summed E-state index contributed by atoms with van der Waals surface area (Å²) in [5.41, 5.74) is 2.09. The molecule has 0 heterocycles. The van der Waals surface area contributed by atoms with Gasteiger partial charge in [-0.15, -0.1) is 0 Å². The number of aliphatic hydroxyl groups is 1. The van der Waals surface area contributed by atoms with Crippen LogP contribution in [0.2, 0.25) is 5.02 Å². The lowest BCUT2D eigenvalue weighted by molar-refractivity contribution is 0.203. The minimum atomic E-state index is 0.0939. The third-order valence-corrected chi connectivity index (χ3v) is 3.31. The first-order chi connectivity index (χ1) is 9.58. The monoisotopic (exact) mass is 300 g/mol. The van der Waals surface area contributed by atoms with Crippen LogP contribution in [0.25, 0.3) is 0 Å². The van der Waals surface area contributed by atoms with Gasteiger partial charge in [-0.2, -0.15) is 0 Å². The number of nitrogens with zero attached hydrogens (tertiary/aromatic N) is 1. The maximum Gasteiger partial charge on any atom is 0.0642 e. The van der Waals surface area contributed by atoms with Crippen molar-refractivity contribution < 1.29 is 9.84 Å². The van der Waals surface area contributed by atoms with E-state index in [-0.39, 0.29) is 6.61 Å². The zero-order valence-corrected chi connectivity index (χ0v) is 13.3. The van der Waals surface area contributed by atoms with Crippen LogP contribution in [-0.2, 0) is 11.3 Å². The highest BCUT2D eigenvalue weighted by molar-refractivity contribution is 6.33. The lowest BCUT2D eigenvalue weighted by Crippen LogP contribution is -2.30. The molecule has 0 saturated heterocycles. The number of hydrogen-bond acceptors (Lipinski definition) is 4. The van der Waals surface area contributed by atoms with Gasteiger partial charge in [0.2, 0.25) is 0 Å². The number of benzene rings is 1. The molecule has 0 unspecified atom stereocenters. The van der Waals surface area contributed by atoms with Gasteiger partial charge in [0.05, 0.1) is 23.9 Å². The Balaban J connectivity index is 2.77. The van der Waals surface area contributed by atoms with Crippen molar-refractivity contribution in [3.05, 3.63) is 28.8 Å². The van der Waals surface area contributed by atoms with Crippen LogP contribution in [-0.4, -0.2) is 44.6 Å². The SMILES string of the molecule is COCCN(CCO)c1ccc(CNC(C)C)cc1Cl. The first-order valence-corrected chi connectivity index (χ1v) is 7.32. The molecule has 20 heavy (non-hydrogen) atoms. The lowest BCUT2D eigenvalue weighted by atomic mass is 10.2. The molecule has 0 aromatic heterocycles. The molecule has 1 aromatic carbocycles. The molecule has 1 aromatic rings. The molecule has 2 N–H and O–H groups in total. The first-order valence-electron chi connectivity index (χ1n) is 6.95. The summed E-state index contributed by atoms with van der Waals surface area (Å²) in [6.07, 6.45) is 0. The van der Waals surface area contributed by atoms with E-state index in [1.54, 1.807) is 7.11 Å². The predicted molar refractivity (Wildman–Crippen MR) is 84.6 cm³/mol. The minimum Gasteiger partial charge on any atom is -0.395 e. The molecular formula is C15H25ClN2O2. The van der Waals surface area contributed by atoms with E-state index in [1.807, 2.05) is 17.0 Å². The Kier molecular flexibility index (Phi) is 7.92. The van der Waals surface area contributed by atoms with E-state index in [0.29, 0.717) is 30.8 Å². The molecule has 0 aliphatic heterocycles. The largest absolute Gasteiger partial charge is 0.395 e. The fourth-order valence-corrected chi connectivity index (χ4v) is 2.24. The van der Waals surface area contributed by atoms with Crippen LogP contribution in [0.1, 0.15) is 19.4 Å². The van der Waals surface area contributed by atoms with Crippen LogP contribution in [0.5, 0.6) is 0 Å². The molecule has 0 aliphatic carbocycles. The highest BCUT2D eigenvalue weighted by atomic mass is 35.5. The maximum atomic E-state index is 9.15. The fourth-order valence-electron chi connectivity index (χ4n) is 1.91. The van der Waals surface area contributed by atoms with Gasteiger partial charge in [0.25, 0.3) is 0 Å². The van der Waals surface area contributed by atoms with Crippen LogP contribution in [0.4, 0.5) is 5.69 Å². The van der Waals surface area contributed by atoms with Gasteiger partial charge >= 0.3 is 0 Å². The standard InChI is InChI=1S/C15H25ClN2O2/c1-12(2)17-11-13-4-5-15(14(16)10-13)18(6-8-19)7-9-20-3/h4-5,10,12,17,19H,6-9,11H2,1-3H3. The van der Waals surface area contributed by atoms with E-state index in [2.05, 4.69) is 25.2 Å². The van der Waals surface area contributed by atoms with Gasteiger partial charge in [0, 0.05) is 32.8 Å². The van der Waals surface area contributed by atoms with Gasteiger partial charge in [-0.1, -0.05) is 31.5 Å². The summed E-state index contributed by atoms with van der Waals surface area (Å²) in [4.78, 5) is 2.03. The molecule has 4 nitrogen and oxygen atoms in total. The van der Waals surface area contributed by atoms with Crippen LogP contribution in [0, 0.1) is 0 Å². The Bertz CT molecular complexity index is 399. The van der Waals surface area contributed by atoms with E-state index in [0.717, 1.165) is 17.8 Å². The smallest absolute Gasteiger partial charge is 0.0642 e. The van der Waals surface area contributed by atoms with Crippen molar-refractivity contribution in [2.75, 3.05) is 38.3 Å². The van der Waals surface area contributed by atoms with Crippen LogP contribution in [0.15, 0.2) is 18.2 Å². The van der Waals surface area contributed by atoms with E-state index in [1.165, 1.54) is 0 Å². The van der Waals surface area contributed by atoms with E-state index < -0.39 is 0 Å². The van der Waals surface area contributed by atoms with Gasteiger partial charge in [0.15, 0.2) is 0 Å². The Morgan fingerprint density at radius 1 is 1.35 bits per heavy atom. The second-order valence-electron chi connectivity index (χ2n) is 5.02. The molecule has 0 amide bonds. The molecular weight excluding hydrogens is 276 g/mol. The first kappa shape index (κ1) is 17.2. The second kappa shape index (κ2) is 9.19. The predicted octanol–water partition coefficient (Wildman–Crippen LogP) is 2.28. The van der Waals surface area contributed by atoms with Crippen molar-refractivity contribution in [1.82, 2.24) is 5.32 Å². The van der Waals surface area contributed by atoms with Gasteiger partial charge in [0.1, 0.15) is 0 Å². The average molecular weight is 301 g/mol. The number of nitrogens with one attached hydrogen (secondary N) is 1. The third kappa shape index (κ3) is 5.67. The molecule has 114 valence electrons.